The molecule has 4 nitrogen and oxygen atoms in total. The predicted octanol–water partition coefficient (Wildman–Crippen LogP) is 10.4. The molecule has 0 radical (unpaired) electrons. The third kappa shape index (κ3) is 13.2. The zero-order valence-corrected chi connectivity index (χ0v) is 32.1. The van der Waals surface area contributed by atoms with Crippen molar-refractivity contribution in [3.05, 3.63) is 57.6 Å². The summed E-state index contributed by atoms with van der Waals surface area (Å²) < 4.78 is 0. The van der Waals surface area contributed by atoms with E-state index in [1.807, 2.05) is 0 Å². The molecule has 0 aromatic heterocycles. The van der Waals surface area contributed by atoms with Crippen LogP contribution < -0.4 is 10.6 Å². The monoisotopic (exact) mass is 637 g/mol. The van der Waals surface area contributed by atoms with Gasteiger partial charge >= 0.3 is 0 Å². The van der Waals surface area contributed by atoms with Crippen molar-refractivity contribution in [3.63, 3.8) is 0 Å². The molecule has 0 unspecified atom stereocenters. The van der Waals surface area contributed by atoms with Gasteiger partial charge in [-0.05, 0) is 133 Å². The lowest BCUT2D eigenvalue weighted by molar-refractivity contribution is 0.421. The van der Waals surface area contributed by atoms with Crippen molar-refractivity contribution < 1.29 is 10.2 Å². The smallest absolute Gasteiger partial charge is 0.123 e. The summed E-state index contributed by atoms with van der Waals surface area (Å²) in [6.45, 7) is 30.6. The lowest BCUT2D eigenvalue weighted by Gasteiger charge is -2.28. The normalized spacial score (nSPS) is 13.0. The number of unbranched alkanes of at least 4 members (excludes halogenated alkanes) is 5. The molecule has 0 aliphatic carbocycles. The van der Waals surface area contributed by atoms with Crippen LogP contribution in [0, 0.1) is 0 Å². The van der Waals surface area contributed by atoms with Crippen LogP contribution in [0.5, 0.6) is 11.5 Å². The van der Waals surface area contributed by atoms with Gasteiger partial charge in [0.25, 0.3) is 0 Å². The summed E-state index contributed by atoms with van der Waals surface area (Å²) in [5.41, 5.74) is 6.70. The van der Waals surface area contributed by atoms with Gasteiger partial charge in [0, 0.05) is 0 Å². The van der Waals surface area contributed by atoms with Crippen LogP contribution in [0.15, 0.2) is 24.3 Å². The molecule has 0 spiro atoms. The van der Waals surface area contributed by atoms with Crippen LogP contribution in [0.2, 0.25) is 0 Å². The van der Waals surface area contributed by atoms with Crippen molar-refractivity contribution in [1.82, 2.24) is 10.6 Å². The molecule has 0 saturated carbocycles. The number of nitrogens with one attached hydrogen (secondary N) is 2. The molecule has 262 valence electrons. The molecule has 0 aliphatic heterocycles. The molecule has 0 bridgehead atoms. The molecule has 2 aromatic carbocycles. The molecule has 0 fully saturated rings. The summed E-state index contributed by atoms with van der Waals surface area (Å²) in [5.74, 6) is 0.959. The van der Waals surface area contributed by atoms with E-state index in [1.54, 1.807) is 0 Å². The van der Waals surface area contributed by atoms with Crippen molar-refractivity contribution >= 4 is 0 Å². The second kappa shape index (κ2) is 17.4. The van der Waals surface area contributed by atoms with Crippen LogP contribution in [0.25, 0.3) is 0 Å². The number of phenols is 2. The molecule has 0 amide bonds. The van der Waals surface area contributed by atoms with Gasteiger partial charge in [0.1, 0.15) is 11.5 Å². The standard InChI is InChI=1S/C42H72N2O2/c1-39(2,3)33-27-31(28-34(37(33)45)40(4,5)6)21-15-19-25-43-23-17-13-14-18-24-44-26-20-16-22-32-29-35(41(7,8)9)38(46)36(30-32)42(10,11)12/h27-30,43-46H,13-26H2,1-12H3. The van der Waals surface area contributed by atoms with E-state index < -0.39 is 0 Å². The predicted molar refractivity (Wildman–Crippen MR) is 201 cm³/mol. The summed E-state index contributed by atoms with van der Waals surface area (Å²) in [6.07, 6.45) is 11.9. The van der Waals surface area contributed by atoms with Crippen LogP contribution in [0.4, 0.5) is 0 Å². The fourth-order valence-corrected chi connectivity index (χ4v) is 6.23. The second-order valence-electron chi connectivity index (χ2n) is 17.9. The molecule has 0 atom stereocenters. The van der Waals surface area contributed by atoms with E-state index in [4.69, 9.17) is 0 Å². The zero-order chi connectivity index (χ0) is 34.8. The minimum absolute atomic E-state index is 0.0683. The number of benzene rings is 2. The Hall–Kier alpha value is -2.04. The van der Waals surface area contributed by atoms with Crippen LogP contribution >= 0.6 is 0 Å². The fourth-order valence-electron chi connectivity index (χ4n) is 6.23. The molecule has 0 heterocycles. The Balaban J connectivity index is 1.56. The van der Waals surface area contributed by atoms with Crippen molar-refractivity contribution in [1.29, 1.82) is 0 Å². The summed E-state index contributed by atoms with van der Waals surface area (Å²) in [4.78, 5) is 0. The molecule has 4 N–H and O–H groups in total. The molecule has 2 aromatic rings. The molecule has 0 saturated heterocycles. The average molecular weight is 637 g/mol. The highest BCUT2D eigenvalue weighted by molar-refractivity contribution is 5.51. The highest BCUT2D eigenvalue weighted by Gasteiger charge is 2.27. The van der Waals surface area contributed by atoms with Crippen LogP contribution in [0.1, 0.15) is 168 Å². The van der Waals surface area contributed by atoms with E-state index in [0.29, 0.717) is 11.5 Å². The van der Waals surface area contributed by atoms with E-state index in [2.05, 4.69) is 118 Å². The second-order valence-corrected chi connectivity index (χ2v) is 17.9. The Morgan fingerprint density at radius 3 is 0.870 bits per heavy atom. The van der Waals surface area contributed by atoms with Crippen molar-refractivity contribution in [3.8, 4) is 11.5 Å². The number of hydrogen-bond donors (Lipinski definition) is 4. The first-order valence-corrected chi connectivity index (χ1v) is 18.4. The highest BCUT2D eigenvalue weighted by atomic mass is 16.3. The van der Waals surface area contributed by atoms with Crippen molar-refractivity contribution in [2.75, 3.05) is 26.2 Å². The Labute approximate surface area is 284 Å². The highest BCUT2D eigenvalue weighted by Crippen LogP contribution is 2.41. The maximum Gasteiger partial charge on any atom is 0.123 e. The van der Waals surface area contributed by atoms with Crippen molar-refractivity contribution in [2.24, 2.45) is 0 Å². The van der Waals surface area contributed by atoms with E-state index in [-0.39, 0.29) is 21.7 Å². The first-order valence-electron chi connectivity index (χ1n) is 18.4. The summed E-state index contributed by atoms with van der Waals surface area (Å²) >= 11 is 0. The lowest BCUT2D eigenvalue weighted by atomic mass is 9.78. The van der Waals surface area contributed by atoms with Gasteiger partial charge in [0.2, 0.25) is 0 Å². The van der Waals surface area contributed by atoms with Gasteiger partial charge in [-0.2, -0.15) is 0 Å². The molecule has 46 heavy (non-hydrogen) atoms. The molecule has 4 heteroatoms. The van der Waals surface area contributed by atoms with E-state index >= 15 is 0 Å². The summed E-state index contributed by atoms with van der Waals surface area (Å²) in [7, 11) is 0. The van der Waals surface area contributed by atoms with Crippen molar-refractivity contribution in [2.45, 2.75) is 169 Å². The number of rotatable bonds is 17. The van der Waals surface area contributed by atoms with E-state index in [0.717, 1.165) is 61.3 Å². The molecule has 2 rings (SSSR count). The van der Waals surface area contributed by atoms with Crippen LogP contribution in [-0.4, -0.2) is 36.4 Å². The Morgan fingerprint density at radius 1 is 0.391 bits per heavy atom. The minimum atomic E-state index is -0.0683. The molecular formula is C42H72N2O2. The van der Waals surface area contributed by atoms with E-state index in [9.17, 15) is 10.2 Å². The SMILES string of the molecule is CC(C)(C)c1cc(CCCCNCCCCCCNCCCCc2cc(C(C)(C)C)c(O)c(C(C)(C)C)c2)cc(C(C)(C)C)c1O. The molecular weight excluding hydrogens is 564 g/mol. The minimum Gasteiger partial charge on any atom is -0.507 e. The molecule has 0 aliphatic rings. The number of aryl methyl sites for hydroxylation is 2. The lowest BCUT2D eigenvalue weighted by Crippen LogP contribution is -2.19. The number of phenolic OH excluding ortho intramolecular Hbond substituents is 2. The van der Waals surface area contributed by atoms with Gasteiger partial charge in [0.05, 0.1) is 0 Å². The maximum atomic E-state index is 11.0. The third-order valence-corrected chi connectivity index (χ3v) is 9.17. The van der Waals surface area contributed by atoms with E-state index in [1.165, 1.54) is 62.5 Å². The Bertz CT molecular complexity index is 1040. The maximum absolute atomic E-state index is 11.0. The quantitative estimate of drug-likeness (QED) is 0.131. The fraction of sp³-hybridized carbons (Fsp3) is 0.714. The van der Waals surface area contributed by atoms with Crippen LogP contribution in [-0.2, 0) is 34.5 Å². The van der Waals surface area contributed by atoms with Gasteiger partial charge in [-0.3, -0.25) is 0 Å². The van der Waals surface area contributed by atoms with Gasteiger partial charge in [-0.15, -0.1) is 0 Å². The van der Waals surface area contributed by atoms with Crippen LogP contribution in [0.3, 0.4) is 0 Å². The third-order valence-electron chi connectivity index (χ3n) is 9.17. The van der Waals surface area contributed by atoms with Gasteiger partial charge in [-0.25, -0.2) is 0 Å². The average Bonchev–Trinajstić information content (AvgIpc) is 2.91. The Morgan fingerprint density at radius 2 is 0.630 bits per heavy atom. The first kappa shape index (κ1) is 40.1. The number of hydrogen-bond acceptors (Lipinski definition) is 4. The zero-order valence-electron chi connectivity index (χ0n) is 32.1. The summed E-state index contributed by atoms with van der Waals surface area (Å²) in [6, 6.07) is 8.93. The van der Waals surface area contributed by atoms with Gasteiger partial charge in [-0.1, -0.05) is 120 Å². The van der Waals surface area contributed by atoms with Gasteiger partial charge < -0.3 is 20.8 Å². The first-order chi connectivity index (χ1) is 21.2. The topological polar surface area (TPSA) is 64.5 Å². The van der Waals surface area contributed by atoms with Gasteiger partial charge in [0.15, 0.2) is 0 Å². The summed E-state index contributed by atoms with van der Waals surface area (Å²) in [5, 5.41) is 29.2. The Kier molecular flexibility index (Phi) is 15.2. The largest absolute Gasteiger partial charge is 0.507 e. The number of aromatic hydroxyl groups is 2.